The Kier molecular flexibility index (Phi) is 8.80. The first-order chi connectivity index (χ1) is 15.4. The van der Waals surface area contributed by atoms with E-state index < -0.39 is 0 Å². The molecule has 1 aliphatic rings. The van der Waals surface area contributed by atoms with Crippen LogP contribution in [-0.2, 0) is 4.79 Å². The van der Waals surface area contributed by atoms with Crippen LogP contribution in [0, 0.1) is 5.92 Å². The average molecular weight is 458 g/mol. The summed E-state index contributed by atoms with van der Waals surface area (Å²) in [7, 11) is 0. The monoisotopic (exact) mass is 457 g/mol. The van der Waals surface area contributed by atoms with Gasteiger partial charge in [-0.25, -0.2) is 0 Å². The Morgan fingerprint density at radius 3 is 2.41 bits per heavy atom. The van der Waals surface area contributed by atoms with E-state index in [0.29, 0.717) is 34.5 Å². The largest absolute Gasteiger partial charge is 0.493 e. The van der Waals surface area contributed by atoms with Crippen molar-refractivity contribution >= 4 is 34.8 Å². The van der Waals surface area contributed by atoms with E-state index in [1.165, 1.54) is 6.42 Å². The van der Waals surface area contributed by atoms with Gasteiger partial charge in [0.05, 0.1) is 23.7 Å². The van der Waals surface area contributed by atoms with Gasteiger partial charge in [-0.1, -0.05) is 44.7 Å². The van der Waals surface area contributed by atoms with Crippen molar-refractivity contribution in [3.8, 4) is 5.75 Å². The van der Waals surface area contributed by atoms with Crippen LogP contribution >= 0.6 is 11.6 Å². The van der Waals surface area contributed by atoms with E-state index >= 15 is 0 Å². The highest BCUT2D eigenvalue weighted by molar-refractivity contribution is 6.34. The number of hydrogen-bond acceptors (Lipinski definition) is 4. The quantitative estimate of drug-likeness (QED) is 0.465. The molecule has 1 aliphatic carbocycles. The number of ether oxygens (including phenoxy) is 1. The Morgan fingerprint density at radius 1 is 1.03 bits per heavy atom. The van der Waals surface area contributed by atoms with Crippen LogP contribution in [0.25, 0.3) is 0 Å². The highest BCUT2D eigenvalue weighted by Gasteiger charge is 2.18. The lowest BCUT2D eigenvalue weighted by atomic mass is 9.95. The van der Waals surface area contributed by atoms with Crippen LogP contribution < -0.4 is 20.7 Å². The molecule has 2 amide bonds. The van der Waals surface area contributed by atoms with Crippen molar-refractivity contribution in [3.63, 3.8) is 0 Å². The van der Waals surface area contributed by atoms with Crippen LogP contribution in [0.4, 0.5) is 11.4 Å². The zero-order chi connectivity index (χ0) is 22.9. The molecule has 2 aromatic carbocycles. The van der Waals surface area contributed by atoms with Crippen molar-refractivity contribution in [2.24, 2.45) is 5.92 Å². The van der Waals surface area contributed by atoms with E-state index in [9.17, 15) is 9.59 Å². The van der Waals surface area contributed by atoms with Crippen LogP contribution in [-0.4, -0.2) is 31.0 Å². The molecule has 1 fully saturated rings. The molecule has 6 nitrogen and oxygen atoms in total. The standard InChI is InChI=1S/C25H32ClN3O3/c1-17(2)16-32-21-11-8-19(9-12-21)28-24(30)15-27-20-10-13-23(26)22(14-20)25(31)29-18-6-4-3-5-7-18/h8-14,17-18,27H,3-7,15-16H2,1-2H3,(H,28,30)(H,29,31). The Balaban J connectivity index is 1.51. The molecule has 0 aliphatic heterocycles. The number of rotatable bonds is 9. The minimum Gasteiger partial charge on any atom is -0.493 e. The van der Waals surface area contributed by atoms with E-state index in [1.807, 2.05) is 24.3 Å². The molecular weight excluding hydrogens is 426 g/mol. The lowest BCUT2D eigenvalue weighted by Gasteiger charge is -2.23. The van der Waals surface area contributed by atoms with E-state index in [1.54, 1.807) is 18.2 Å². The summed E-state index contributed by atoms with van der Waals surface area (Å²) in [6.07, 6.45) is 5.52. The second-order valence-electron chi connectivity index (χ2n) is 8.63. The second kappa shape index (κ2) is 11.8. The molecule has 0 heterocycles. The fourth-order valence-electron chi connectivity index (χ4n) is 3.60. The van der Waals surface area contributed by atoms with Crippen molar-refractivity contribution in [3.05, 3.63) is 53.1 Å². The smallest absolute Gasteiger partial charge is 0.253 e. The van der Waals surface area contributed by atoms with Crippen LogP contribution in [0.2, 0.25) is 5.02 Å². The van der Waals surface area contributed by atoms with Gasteiger partial charge in [0.2, 0.25) is 5.91 Å². The molecular formula is C25H32ClN3O3. The first-order valence-electron chi connectivity index (χ1n) is 11.3. The molecule has 3 rings (SSSR count). The summed E-state index contributed by atoms with van der Waals surface area (Å²) in [5, 5.41) is 9.38. The summed E-state index contributed by atoms with van der Waals surface area (Å²) in [6, 6.07) is 12.6. The van der Waals surface area contributed by atoms with E-state index in [4.69, 9.17) is 16.3 Å². The maximum absolute atomic E-state index is 12.7. The van der Waals surface area contributed by atoms with Crippen LogP contribution in [0.1, 0.15) is 56.3 Å². The molecule has 0 spiro atoms. The van der Waals surface area contributed by atoms with Crippen LogP contribution in [0.15, 0.2) is 42.5 Å². The van der Waals surface area contributed by atoms with E-state index in [-0.39, 0.29) is 24.4 Å². The Hall–Kier alpha value is -2.73. The summed E-state index contributed by atoms with van der Waals surface area (Å²) in [4.78, 5) is 25.0. The lowest BCUT2D eigenvalue weighted by Crippen LogP contribution is -2.36. The third-order valence-corrected chi connectivity index (χ3v) is 5.66. The van der Waals surface area contributed by atoms with Gasteiger partial charge in [-0.05, 0) is 61.2 Å². The third kappa shape index (κ3) is 7.45. The number of carbonyl (C=O) groups excluding carboxylic acids is 2. The first kappa shape index (κ1) is 23.9. The van der Waals surface area contributed by atoms with Crippen molar-refractivity contribution in [2.45, 2.75) is 52.0 Å². The molecule has 0 bridgehead atoms. The zero-order valence-corrected chi connectivity index (χ0v) is 19.5. The molecule has 0 atom stereocenters. The van der Waals surface area contributed by atoms with Crippen molar-refractivity contribution in [1.29, 1.82) is 0 Å². The molecule has 7 heteroatoms. The van der Waals surface area contributed by atoms with Gasteiger partial charge in [0, 0.05) is 17.4 Å². The minimum atomic E-state index is -0.191. The predicted molar refractivity (Wildman–Crippen MR) is 130 cm³/mol. The van der Waals surface area contributed by atoms with Crippen molar-refractivity contribution < 1.29 is 14.3 Å². The van der Waals surface area contributed by atoms with Gasteiger partial charge in [0.15, 0.2) is 0 Å². The Labute approximate surface area is 195 Å². The Morgan fingerprint density at radius 2 is 1.72 bits per heavy atom. The summed E-state index contributed by atoms with van der Waals surface area (Å²) in [6.45, 7) is 4.90. The number of benzene rings is 2. The summed E-state index contributed by atoms with van der Waals surface area (Å²) in [5.74, 6) is 0.862. The number of nitrogens with one attached hydrogen (secondary N) is 3. The predicted octanol–water partition coefficient (Wildman–Crippen LogP) is 5.49. The van der Waals surface area contributed by atoms with Gasteiger partial charge in [0.1, 0.15) is 5.75 Å². The highest BCUT2D eigenvalue weighted by atomic mass is 35.5. The van der Waals surface area contributed by atoms with Crippen molar-refractivity contribution in [2.75, 3.05) is 23.8 Å². The molecule has 172 valence electrons. The molecule has 0 saturated heterocycles. The number of anilines is 2. The van der Waals surface area contributed by atoms with Gasteiger partial charge >= 0.3 is 0 Å². The number of amides is 2. The van der Waals surface area contributed by atoms with Gasteiger partial charge in [-0.15, -0.1) is 0 Å². The Bertz CT molecular complexity index is 909. The fourth-order valence-corrected chi connectivity index (χ4v) is 3.81. The normalized spacial score (nSPS) is 14.1. The van der Waals surface area contributed by atoms with E-state index in [0.717, 1.165) is 31.4 Å². The molecule has 32 heavy (non-hydrogen) atoms. The van der Waals surface area contributed by atoms with Gasteiger partial charge < -0.3 is 20.7 Å². The number of halogens is 1. The first-order valence-corrected chi connectivity index (χ1v) is 11.7. The summed E-state index contributed by atoms with van der Waals surface area (Å²) in [5.41, 5.74) is 1.77. The van der Waals surface area contributed by atoms with Crippen LogP contribution in [0.3, 0.4) is 0 Å². The van der Waals surface area contributed by atoms with E-state index in [2.05, 4.69) is 29.8 Å². The molecule has 2 aromatic rings. The second-order valence-corrected chi connectivity index (χ2v) is 9.04. The molecule has 1 saturated carbocycles. The van der Waals surface area contributed by atoms with Gasteiger partial charge in [-0.2, -0.15) is 0 Å². The molecule has 0 aromatic heterocycles. The maximum Gasteiger partial charge on any atom is 0.253 e. The molecule has 0 unspecified atom stereocenters. The summed E-state index contributed by atoms with van der Waals surface area (Å²) < 4.78 is 5.65. The van der Waals surface area contributed by atoms with Crippen molar-refractivity contribution in [1.82, 2.24) is 5.32 Å². The summed E-state index contributed by atoms with van der Waals surface area (Å²) >= 11 is 6.25. The van der Waals surface area contributed by atoms with Crippen LogP contribution in [0.5, 0.6) is 5.75 Å². The fraction of sp³-hybridized carbons (Fsp3) is 0.440. The average Bonchev–Trinajstić information content (AvgIpc) is 2.78. The SMILES string of the molecule is CC(C)COc1ccc(NC(=O)CNc2ccc(Cl)c(C(=O)NC3CCCCC3)c2)cc1. The molecule has 0 radical (unpaired) electrons. The van der Waals surface area contributed by atoms with Gasteiger partial charge in [0.25, 0.3) is 5.91 Å². The third-order valence-electron chi connectivity index (χ3n) is 5.33. The number of carbonyl (C=O) groups is 2. The maximum atomic E-state index is 12.7. The lowest BCUT2D eigenvalue weighted by molar-refractivity contribution is -0.114. The highest BCUT2D eigenvalue weighted by Crippen LogP contribution is 2.23. The zero-order valence-electron chi connectivity index (χ0n) is 18.7. The van der Waals surface area contributed by atoms with Gasteiger partial charge in [-0.3, -0.25) is 9.59 Å². The minimum absolute atomic E-state index is 0.0664. The molecule has 3 N–H and O–H groups in total. The number of hydrogen-bond donors (Lipinski definition) is 3. The topological polar surface area (TPSA) is 79.5 Å².